The molecular formula is C44H28N4O. The van der Waals surface area contributed by atoms with Crippen LogP contribution in [-0.2, 0) is 0 Å². The van der Waals surface area contributed by atoms with Crippen molar-refractivity contribution in [1.82, 2.24) is 19.9 Å². The summed E-state index contributed by atoms with van der Waals surface area (Å²) in [4.78, 5) is 18.2. The summed E-state index contributed by atoms with van der Waals surface area (Å²) in [7, 11) is 0. The van der Waals surface area contributed by atoms with Crippen LogP contribution < -0.4 is 0 Å². The molecule has 4 aromatic carbocycles. The van der Waals surface area contributed by atoms with Crippen LogP contribution in [0, 0.1) is 0 Å². The van der Waals surface area contributed by atoms with E-state index in [2.05, 4.69) is 101 Å². The zero-order valence-corrected chi connectivity index (χ0v) is 26.4. The molecule has 5 heteroatoms. The molecule has 0 N–H and O–H groups in total. The monoisotopic (exact) mass is 628 g/mol. The Bertz CT molecular complexity index is 2460. The zero-order valence-electron chi connectivity index (χ0n) is 26.4. The highest BCUT2D eigenvalue weighted by molar-refractivity contribution is 6.13. The molecule has 230 valence electrons. The van der Waals surface area contributed by atoms with Crippen molar-refractivity contribution in [3.8, 4) is 67.0 Å². The largest absolute Gasteiger partial charge is 0.455 e. The zero-order chi connectivity index (χ0) is 32.6. The maximum Gasteiger partial charge on any atom is 0.143 e. The van der Waals surface area contributed by atoms with Crippen molar-refractivity contribution < 1.29 is 4.42 Å². The van der Waals surface area contributed by atoms with Gasteiger partial charge in [-0.3, -0.25) is 19.9 Å². The SMILES string of the molecule is c1ccc(-c2cccc3c2oc2c(-c4cc(-c5ccc(-c6cccnc6)nc5)cc(-c5ccc(-c6cccnc6)nc5)c4)cccc23)cc1. The van der Waals surface area contributed by atoms with Gasteiger partial charge in [-0.05, 0) is 76.9 Å². The predicted octanol–water partition coefficient (Wildman–Crippen LogP) is 11.2. The molecule has 0 fully saturated rings. The molecule has 0 radical (unpaired) electrons. The Balaban J connectivity index is 1.21. The second-order valence-electron chi connectivity index (χ2n) is 12.0. The maximum atomic E-state index is 6.81. The van der Waals surface area contributed by atoms with Crippen LogP contribution in [0.15, 0.2) is 175 Å². The Morgan fingerprint density at radius 1 is 0.347 bits per heavy atom. The molecular weight excluding hydrogens is 601 g/mol. The van der Waals surface area contributed by atoms with E-state index < -0.39 is 0 Å². The van der Waals surface area contributed by atoms with Gasteiger partial charge < -0.3 is 4.42 Å². The summed E-state index contributed by atoms with van der Waals surface area (Å²) < 4.78 is 6.81. The average molecular weight is 629 g/mol. The molecule has 5 aromatic heterocycles. The van der Waals surface area contributed by atoms with Gasteiger partial charge in [-0.2, -0.15) is 0 Å². The second kappa shape index (κ2) is 12.1. The molecule has 0 aliphatic rings. The molecule has 0 spiro atoms. The van der Waals surface area contributed by atoms with Gasteiger partial charge in [-0.15, -0.1) is 0 Å². The third-order valence-electron chi connectivity index (χ3n) is 8.96. The molecule has 0 unspecified atom stereocenters. The van der Waals surface area contributed by atoms with Gasteiger partial charge in [0.25, 0.3) is 0 Å². The van der Waals surface area contributed by atoms with E-state index >= 15 is 0 Å². The molecule has 0 amide bonds. The predicted molar refractivity (Wildman–Crippen MR) is 198 cm³/mol. The summed E-state index contributed by atoms with van der Waals surface area (Å²) >= 11 is 0. The molecule has 0 aliphatic heterocycles. The number of nitrogens with zero attached hydrogens (tertiary/aromatic N) is 4. The third kappa shape index (κ3) is 5.33. The van der Waals surface area contributed by atoms with Gasteiger partial charge in [0.05, 0.1) is 11.4 Å². The van der Waals surface area contributed by atoms with Crippen LogP contribution in [0.4, 0.5) is 0 Å². The van der Waals surface area contributed by atoms with Crippen LogP contribution in [0.1, 0.15) is 0 Å². The number of rotatable bonds is 6. The lowest BCUT2D eigenvalue weighted by atomic mass is 9.93. The van der Waals surface area contributed by atoms with Gasteiger partial charge in [0.2, 0.25) is 0 Å². The van der Waals surface area contributed by atoms with E-state index in [9.17, 15) is 0 Å². The van der Waals surface area contributed by atoms with Crippen molar-refractivity contribution in [2.24, 2.45) is 0 Å². The lowest BCUT2D eigenvalue weighted by Gasteiger charge is -2.12. The Morgan fingerprint density at radius 2 is 0.857 bits per heavy atom. The number of pyridine rings is 4. The van der Waals surface area contributed by atoms with Gasteiger partial charge in [-0.25, -0.2) is 0 Å². The fraction of sp³-hybridized carbons (Fsp3) is 0. The molecule has 5 nitrogen and oxygen atoms in total. The average Bonchev–Trinajstić information content (AvgIpc) is 3.58. The van der Waals surface area contributed by atoms with Gasteiger partial charge in [0.15, 0.2) is 0 Å². The lowest BCUT2D eigenvalue weighted by molar-refractivity contribution is 0.671. The number of aromatic nitrogens is 4. The highest BCUT2D eigenvalue weighted by Crippen LogP contribution is 2.41. The van der Waals surface area contributed by atoms with Crippen LogP contribution in [0.2, 0.25) is 0 Å². The smallest absolute Gasteiger partial charge is 0.143 e. The van der Waals surface area contributed by atoms with E-state index in [4.69, 9.17) is 14.4 Å². The number of para-hydroxylation sites is 2. The van der Waals surface area contributed by atoms with Gasteiger partial charge in [-0.1, -0.05) is 78.9 Å². The first-order valence-electron chi connectivity index (χ1n) is 16.2. The van der Waals surface area contributed by atoms with Crippen molar-refractivity contribution in [1.29, 1.82) is 0 Å². The highest BCUT2D eigenvalue weighted by Gasteiger charge is 2.17. The summed E-state index contributed by atoms with van der Waals surface area (Å²) in [5.74, 6) is 0. The fourth-order valence-electron chi connectivity index (χ4n) is 6.51. The summed E-state index contributed by atoms with van der Waals surface area (Å²) in [6.45, 7) is 0. The Hall–Kier alpha value is -6.72. The number of benzene rings is 4. The van der Waals surface area contributed by atoms with E-state index in [-0.39, 0.29) is 0 Å². The Kier molecular flexibility index (Phi) is 7.06. The topological polar surface area (TPSA) is 64.7 Å². The lowest BCUT2D eigenvalue weighted by Crippen LogP contribution is -1.90. The quantitative estimate of drug-likeness (QED) is 0.183. The van der Waals surface area contributed by atoms with Crippen LogP contribution in [-0.4, -0.2) is 19.9 Å². The highest BCUT2D eigenvalue weighted by atomic mass is 16.3. The first-order chi connectivity index (χ1) is 24.3. The van der Waals surface area contributed by atoms with Gasteiger partial charge in [0.1, 0.15) is 11.2 Å². The van der Waals surface area contributed by atoms with E-state index in [0.717, 1.165) is 89.0 Å². The Labute approximate surface area is 283 Å². The Morgan fingerprint density at radius 3 is 1.35 bits per heavy atom. The summed E-state index contributed by atoms with van der Waals surface area (Å²) in [6.07, 6.45) is 11.1. The molecule has 9 aromatic rings. The maximum absolute atomic E-state index is 6.81. The van der Waals surface area contributed by atoms with Gasteiger partial charge in [0, 0.05) is 81.3 Å². The van der Waals surface area contributed by atoms with E-state index in [1.54, 1.807) is 12.4 Å². The van der Waals surface area contributed by atoms with Crippen LogP contribution >= 0.6 is 0 Å². The molecule has 49 heavy (non-hydrogen) atoms. The van der Waals surface area contributed by atoms with E-state index in [1.165, 1.54) is 0 Å². The first kappa shape index (κ1) is 28.5. The molecule has 0 atom stereocenters. The molecule has 0 bridgehead atoms. The summed E-state index contributed by atoms with van der Waals surface area (Å²) in [6, 6.07) is 46.1. The van der Waals surface area contributed by atoms with E-state index in [0.29, 0.717) is 0 Å². The molecule has 0 saturated carbocycles. The van der Waals surface area contributed by atoms with Crippen molar-refractivity contribution >= 4 is 21.9 Å². The molecule has 0 aliphatic carbocycles. The minimum atomic E-state index is 0.860. The summed E-state index contributed by atoms with van der Waals surface area (Å²) in [5.41, 5.74) is 13.9. The van der Waals surface area contributed by atoms with Crippen LogP contribution in [0.25, 0.3) is 89.0 Å². The van der Waals surface area contributed by atoms with Crippen molar-refractivity contribution in [3.63, 3.8) is 0 Å². The fourth-order valence-corrected chi connectivity index (χ4v) is 6.51. The normalized spacial score (nSPS) is 11.3. The molecule has 9 rings (SSSR count). The number of fused-ring (bicyclic) bond motifs is 3. The third-order valence-corrected chi connectivity index (χ3v) is 8.96. The molecule has 0 saturated heterocycles. The van der Waals surface area contributed by atoms with Crippen molar-refractivity contribution in [2.75, 3.05) is 0 Å². The number of hydrogen-bond acceptors (Lipinski definition) is 5. The van der Waals surface area contributed by atoms with Crippen LogP contribution in [0.3, 0.4) is 0 Å². The standard InChI is InChI=1S/C44H28N4O/c1-2-8-29(9-3-1)37-12-4-14-39-40-15-5-13-38(44(40)49-43(37)39)36-23-34(30-16-18-41(47-27-30)32-10-6-20-45-25-32)22-35(24-36)31-17-19-42(48-28-31)33-11-7-21-46-26-33/h1-28H. The van der Waals surface area contributed by atoms with Crippen molar-refractivity contribution in [2.45, 2.75) is 0 Å². The minimum absolute atomic E-state index is 0.860. The second-order valence-corrected chi connectivity index (χ2v) is 12.0. The van der Waals surface area contributed by atoms with Crippen LogP contribution in [0.5, 0.6) is 0 Å². The van der Waals surface area contributed by atoms with Crippen molar-refractivity contribution in [3.05, 3.63) is 171 Å². The minimum Gasteiger partial charge on any atom is -0.455 e. The molecule has 5 heterocycles. The van der Waals surface area contributed by atoms with Gasteiger partial charge >= 0.3 is 0 Å². The number of hydrogen-bond donors (Lipinski definition) is 0. The van der Waals surface area contributed by atoms with E-state index in [1.807, 2.05) is 67.3 Å². The first-order valence-corrected chi connectivity index (χ1v) is 16.2. The number of furan rings is 1. The summed E-state index contributed by atoms with van der Waals surface area (Å²) in [5, 5.41) is 2.18.